The molecular formula is C15H24N2O3S. The van der Waals surface area contributed by atoms with Crippen LogP contribution in [0, 0.1) is 0 Å². The molecule has 0 aliphatic carbocycles. The van der Waals surface area contributed by atoms with Crippen LogP contribution in [0.25, 0.3) is 0 Å². The van der Waals surface area contributed by atoms with E-state index >= 15 is 0 Å². The summed E-state index contributed by atoms with van der Waals surface area (Å²) < 4.78 is 26.6. The van der Waals surface area contributed by atoms with Gasteiger partial charge in [0.2, 0.25) is 10.0 Å². The van der Waals surface area contributed by atoms with Gasteiger partial charge in [0, 0.05) is 25.7 Å². The predicted octanol–water partition coefficient (Wildman–Crippen LogP) is 2.25. The predicted molar refractivity (Wildman–Crippen MR) is 83.8 cm³/mol. The van der Waals surface area contributed by atoms with Gasteiger partial charge >= 0.3 is 0 Å². The maximum absolute atomic E-state index is 12.3. The van der Waals surface area contributed by atoms with Crippen LogP contribution in [0.3, 0.4) is 0 Å². The van der Waals surface area contributed by atoms with Gasteiger partial charge in [0.05, 0.1) is 4.90 Å². The second-order valence-corrected chi connectivity index (χ2v) is 6.77. The topological polar surface area (TPSA) is 66.5 Å². The molecule has 0 heterocycles. The minimum absolute atomic E-state index is 0.130. The molecule has 0 radical (unpaired) electrons. The Balaban J connectivity index is 2.92. The lowest BCUT2D eigenvalue weighted by atomic mass is 10.2. The lowest BCUT2D eigenvalue weighted by Crippen LogP contribution is -2.28. The monoisotopic (exact) mass is 312 g/mol. The van der Waals surface area contributed by atoms with E-state index in [0.717, 1.165) is 19.3 Å². The van der Waals surface area contributed by atoms with Crippen LogP contribution in [-0.4, -0.2) is 39.4 Å². The van der Waals surface area contributed by atoms with Crippen LogP contribution in [0.15, 0.2) is 29.2 Å². The van der Waals surface area contributed by atoms with Gasteiger partial charge in [0.1, 0.15) is 0 Å². The smallest absolute Gasteiger partial charge is 0.253 e. The van der Waals surface area contributed by atoms with Crippen molar-refractivity contribution in [1.82, 2.24) is 9.62 Å². The van der Waals surface area contributed by atoms with Gasteiger partial charge in [-0.3, -0.25) is 4.79 Å². The number of hydrogen-bond donors (Lipinski definition) is 1. The van der Waals surface area contributed by atoms with E-state index in [9.17, 15) is 13.2 Å². The minimum atomic E-state index is -3.54. The highest BCUT2D eigenvalue weighted by Crippen LogP contribution is 2.13. The molecule has 21 heavy (non-hydrogen) atoms. The number of carbonyl (C=O) groups is 1. The van der Waals surface area contributed by atoms with Gasteiger partial charge in [-0.25, -0.2) is 13.1 Å². The average Bonchev–Trinajstić information content (AvgIpc) is 2.50. The Bertz CT molecular complexity index is 570. The second-order valence-electron chi connectivity index (χ2n) is 5.01. The fourth-order valence-corrected chi connectivity index (χ4v) is 3.01. The van der Waals surface area contributed by atoms with Crippen molar-refractivity contribution < 1.29 is 13.2 Å². The molecule has 118 valence electrons. The first-order chi connectivity index (χ1) is 9.92. The van der Waals surface area contributed by atoms with Crippen LogP contribution in [0.1, 0.15) is 43.5 Å². The summed E-state index contributed by atoms with van der Waals surface area (Å²) in [6.45, 7) is 5.01. The number of unbranched alkanes of at least 4 members (excludes halogenated alkanes) is 1. The van der Waals surface area contributed by atoms with Crippen molar-refractivity contribution in [2.45, 2.75) is 38.0 Å². The second kappa shape index (κ2) is 8.14. The molecule has 1 N–H and O–H groups in total. The van der Waals surface area contributed by atoms with Gasteiger partial charge in [-0.05, 0) is 31.0 Å². The highest BCUT2D eigenvalue weighted by molar-refractivity contribution is 7.89. The Morgan fingerprint density at radius 3 is 2.57 bits per heavy atom. The summed E-state index contributed by atoms with van der Waals surface area (Å²) in [6, 6.07) is 6.18. The van der Waals surface area contributed by atoms with E-state index in [4.69, 9.17) is 0 Å². The molecule has 0 bridgehead atoms. The molecular weight excluding hydrogens is 288 g/mol. The summed E-state index contributed by atoms with van der Waals surface area (Å²) in [4.78, 5) is 14.0. The summed E-state index contributed by atoms with van der Waals surface area (Å²) in [5, 5.41) is 0. The fourth-order valence-electron chi connectivity index (χ4n) is 1.83. The van der Waals surface area contributed by atoms with Gasteiger partial charge in [0.15, 0.2) is 0 Å². The van der Waals surface area contributed by atoms with E-state index < -0.39 is 10.0 Å². The number of nitrogens with one attached hydrogen (secondary N) is 1. The molecule has 0 aliphatic heterocycles. The molecule has 0 spiro atoms. The summed E-state index contributed by atoms with van der Waals surface area (Å²) in [5.74, 6) is -0.156. The van der Waals surface area contributed by atoms with Gasteiger partial charge in [0.25, 0.3) is 5.91 Å². The standard InChI is InChI=1S/C15H24N2O3S/c1-4-6-11-17(3)15(18)13-8-7-9-14(12-13)21(19,20)16-10-5-2/h7-9,12,16H,4-6,10-11H2,1-3H3. The Hall–Kier alpha value is -1.40. The van der Waals surface area contributed by atoms with Crippen molar-refractivity contribution in [3.05, 3.63) is 29.8 Å². The van der Waals surface area contributed by atoms with Gasteiger partial charge in [-0.15, -0.1) is 0 Å². The maximum atomic E-state index is 12.3. The lowest BCUT2D eigenvalue weighted by molar-refractivity contribution is 0.0793. The number of nitrogens with zero attached hydrogens (tertiary/aromatic N) is 1. The molecule has 0 saturated heterocycles. The van der Waals surface area contributed by atoms with Crippen molar-refractivity contribution in [1.29, 1.82) is 0 Å². The number of amides is 1. The first-order valence-corrected chi connectivity index (χ1v) is 8.76. The first kappa shape index (κ1) is 17.7. The Kier molecular flexibility index (Phi) is 6.84. The van der Waals surface area contributed by atoms with Crippen molar-refractivity contribution in [2.24, 2.45) is 0 Å². The zero-order chi connectivity index (χ0) is 15.9. The Labute approximate surface area is 127 Å². The molecule has 1 aromatic carbocycles. The van der Waals surface area contributed by atoms with E-state index in [-0.39, 0.29) is 10.8 Å². The fraction of sp³-hybridized carbons (Fsp3) is 0.533. The molecule has 0 atom stereocenters. The largest absolute Gasteiger partial charge is 0.342 e. The molecule has 1 amide bonds. The third-order valence-corrected chi connectivity index (χ3v) is 4.59. The molecule has 0 fully saturated rings. The third-order valence-electron chi connectivity index (χ3n) is 3.13. The zero-order valence-corrected chi connectivity index (χ0v) is 13.7. The van der Waals surface area contributed by atoms with Crippen LogP contribution in [-0.2, 0) is 10.0 Å². The molecule has 0 aromatic heterocycles. The highest BCUT2D eigenvalue weighted by atomic mass is 32.2. The molecule has 0 unspecified atom stereocenters. The average molecular weight is 312 g/mol. The van der Waals surface area contributed by atoms with Crippen LogP contribution in [0.5, 0.6) is 0 Å². The Morgan fingerprint density at radius 2 is 1.95 bits per heavy atom. The van der Waals surface area contributed by atoms with Crippen molar-refractivity contribution in [2.75, 3.05) is 20.1 Å². The minimum Gasteiger partial charge on any atom is -0.342 e. The molecule has 0 aliphatic rings. The SMILES string of the molecule is CCCCN(C)C(=O)c1cccc(S(=O)(=O)NCCC)c1. The number of rotatable bonds is 8. The summed E-state index contributed by atoms with van der Waals surface area (Å²) in [7, 11) is -1.81. The summed E-state index contributed by atoms with van der Waals surface area (Å²) in [5.41, 5.74) is 0.396. The first-order valence-electron chi connectivity index (χ1n) is 7.27. The van der Waals surface area contributed by atoms with Crippen molar-refractivity contribution >= 4 is 15.9 Å². The van der Waals surface area contributed by atoms with Gasteiger partial charge < -0.3 is 4.90 Å². The number of carbonyl (C=O) groups excluding carboxylic acids is 1. The molecule has 6 heteroatoms. The summed E-state index contributed by atoms with van der Waals surface area (Å²) in [6.07, 6.45) is 2.66. The van der Waals surface area contributed by atoms with Crippen LogP contribution < -0.4 is 4.72 Å². The van der Waals surface area contributed by atoms with Gasteiger partial charge in [-0.2, -0.15) is 0 Å². The Morgan fingerprint density at radius 1 is 1.24 bits per heavy atom. The van der Waals surface area contributed by atoms with E-state index in [1.807, 2.05) is 6.92 Å². The van der Waals surface area contributed by atoms with Crippen LogP contribution in [0.2, 0.25) is 0 Å². The lowest BCUT2D eigenvalue weighted by Gasteiger charge is -2.17. The molecule has 1 rings (SSSR count). The number of benzene rings is 1. The zero-order valence-electron chi connectivity index (χ0n) is 12.9. The van der Waals surface area contributed by atoms with Gasteiger partial charge in [-0.1, -0.05) is 26.3 Å². The summed E-state index contributed by atoms with van der Waals surface area (Å²) >= 11 is 0. The van der Waals surface area contributed by atoms with E-state index in [1.54, 1.807) is 24.1 Å². The molecule has 1 aromatic rings. The van der Waals surface area contributed by atoms with E-state index in [0.29, 0.717) is 18.7 Å². The molecule has 5 nitrogen and oxygen atoms in total. The van der Waals surface area contributed by atoms with E-state index in [1.165, 1.54) is 12.1 Å². The maximum Gasteiger partial charge on any atom is 0.253 e. The molecule has 0 saturated carbocycles. The third kappa shape index (κ3) is 5.13. The highest BCUT2D eigenvalue weighted by Gasteiger charge is 2.17. The van der Waals surface area contributed by atoms with Crippen molar-refractivity contribution in [3.63, 3.8) is 0 Å². The number of sulfonamides is 1. The van der Waals surface area contributed by atoms with Crippen LogP contribution in [0.4, 0.5) is 0 Å². The van der Waals surface area contributed by atoms with Crippen LogP contribution >= 0.6 is 0 Å². The quantitative estimate of drug-likeness (QED) is 0.800. The van der Waals surface area contributed by atoms with E-state index in [2.05, 4.69) is 11.6 Å². The normalized spacial score (nSPS) is 11.4. The van der Waals surface area contributed by atoms with Crippen molar-refractivity contribution in [3.8, 4) is 0 Å². The number of hydrogen-bond acceptors (Lipinski definition) is 3.